The van der Waals surface area contributed by atoms with E-state index in [-0.39, 0.29) is 19.0 Å². The van der Waals surface area contributed by atoms with Crippen molar-refractivity contribution in [1.29, 1.82) is 0 Å². The maximum Gasteiger partial charge on any atom is 0.309 e. The van der Waals surface area contributed by atoms with Crippen LogP contribution in [0.3, 0.4) is 0 Å². The normalized spacial score (nSPS) is 9.82. The van der Waals surface area contributed by atoms with Gasteiger partial charge in [-0.05, 0) is 36.4 Å². The van der Waals surface area contributed by atoms with E-state index in [0.717, 1.165) is 11.5 Å². The molecule has 0 saturated heterocycles. The van der Waals surface area contributed by atoms with Crippen LogP contribution in [0.2, 0.25) is 0 Å². The third kappa shape index (κ3) is 5.32. The van der Waals surface area contributed by atoms with Gasteiger partial charge in [0.2, 0.25) is 0 Å². The van der Waals surface area contributed by atoms with Gasteiger partial charge in [0.05, 0.1) is 6.42 Å². The molecule has 0 saturated carbocycles. The lowest BCUT2D eigenvalue weighted by atomic mass is 10.3. The first-order valence-corrected chi connectivity index (χ1v) is 7.00. The number of esters is 1. The molecule has 114 valence electrons. The fourth-order valence-corrected chi connectivity index (χ4v) is 1.72. The summed E-state index contributed by atoms with van der Waals surface area (Å²) in [5.74, 6) is 1.91. The number of hydrogen-bond acceptors (Lipinski definition) is 4. The molecule has 0 spiro atoms. The van der Waals surface area contributed by atoms with Gasteiger partial charge in [-0.2, -0.15) is 0 Å². The number of ether oxygens (including phenoxy) is 3. The van der Waals surface area contributed by atoms with E-state index in [1.807, 2.05) is 54.6 Å². The predicted octanol–water partition coefficient (Wildman–Crippen LogP) is 3.98. The van der Waals surface area contributed by atoms with Crippen molar-refractivity contribution >= 4 is 5.97 Å². The van der Waals surface area contributed by atoms with Crippen LogP contribution in [-0.2, 0) is 9.53 Å². The van der Waals surface area contributed by atoms with Crippen LogP contribution in [0.5, 0.6) is 17.2 Å². The zero-order valence-electron chi connectivity index (χ0n) is 12.2. The number of carbonyl (C=O) groups is 1. The van der Waals surface area contributed by atoms with E-state index in [9.17, 15) is 4.79 Å². The molecule has 0 bridgehead atoms. The Kier molecular flexibility index (Phi) is 6.05. The van der Waals surface area contributed by atoms with Gasteiger partial charge in [-0.1, -0.05) is 24.3 Å². The highest BCUT2D eigenvalue weighted by atomic mass is 16.6. The van der Waals surface area contributed by atoms with Crippen LogP contribution < -0.4 is 9.47 Å². The van der Waals surface area contributed by atoms with Gasteiger partial charge in [-0.15, -0.1) is 6.58 Å². The van der Waals surface area contributed by atoms with Crippen LogP contribution in [0.4, 0.5) is 0 Å². The molecule has 22 heavy (non-hydrogen) atoms. The number of carbonyl (C=O) groups excluding carboxylic acids is 1. The maximum absolute atomic E-state index is 11.1. The lowest BCUT2D eigenvalue weighted by Gasteiger charge is -2.08. The van der Waals surface area contributed by atoms with E-state index in [0.29, 0.717) is 12.4 Å². The van der Waals surface area contributed by atoms with Crippen molar-refractivity contribution in [3.8, 4) is 17.2 Å². The van der Waals surface area contributed by atoms with Crippen molar-refractivity contribution in [3.63, 3.8) is 0 Å². The molecular formula is C18H18O4. The fraction of sp³-hybridized carbons (Fsp3) is 0.167. The molecule has 0 aliphatic heterocycles. The van der Waals surface area contributed by atoms with Crippen LogP contribution in [0.25, 0.3) is 0 Å². The number of benzene rings is 2. The number of hydrogen-bond donors (Lipinski definition) is 0. The Labute approximate surface area is 129 Å². The highest BCUT2D eigenvalue weighted by Crippen LogP contribution is 2.23. The van der Waals surface area contributed by atoms with Gasteiger partial charge >= 0.3 is 5.97 Å². The van der Waals surface area contributed by atoms with Crippen LogP contribution >= 0.6 is 0 Å². The van der Waals surface area contributed by atoms with E-state index < -0.39 is 0 Å². The highest BCUT2D eigenvalue weighted by Gasteiger charge is 2.01. The van der Waals surface area contributed by atoms with E-state index in [2.05, 4.69) is 6.58 Å². The second-order valence-corrected chi connectivity index (χ2v) is 4.45. The molecule has 2 aromatic rings. The maximum atomic E-state index is 11.1. The summed E-state index contributed by atoms with van der Waals surface area (Å²) in [4.78, 5) is 11.1. The molecule has 2 rings (SSSR count). The topological polar surface area (TPSA) is 44.8 Å². The van der Waals surface area contributed by atoms with Gasteiger partial charge in [0, 0.05) is 0 Å². The minimum atomic E-state index is -0.301. The smallest absolute Gasteiger partial charge is 0.309 e. The Balaban J connectivity index is 1.75. The summed E-state index contributed by atoms with van der Waals surface area (Å²) in [6, 6.07) is 16.8. The zero-order chi connectivity index (χ0) is 15.6. The molecule has 0 amide bonds. The highest BCUT2D eigenvalue weighted by molar-refractivity contribution is 5.70. The average Bonchev–Trinajstić information content (AvgIpc) is 2.54. The summed E-state index contributed by atoms with van der Waals surface area (Å²) in [5, 5.41) is 0. The molecule has 4 heteroatoms. The second-order valence-electron chi connectivity index (χ2n) is 4.45. The van der Waals surface area contributed by atoms with Crippen molar-refractivity contribution in [2.75, 3.05) is 13.2 Å². The second kappa shape index (κ2) is 8.52. The van der Waals surface area contributed by atoms with Gasteiger partial charge in [-0.3, -0.25) is 4.79 Å². The standard InChI is InChI=1S/C18H18O4/c1-2-6-18(19)21-14-13-20-15-9-11-17(12-10-15)22-16-7-4-3-5-8-16/h2-5,7-12H,1,6,13-14H2. The van der Waals surface area contributed by atoms with Gasteiger partial charge in [0.1, 0.15) is 30.5 Å². The minimum absolute atomic E-state index is 0.214. The SMILES string of the molecule is C=CCC(=O)OCCOc1ccc(Oc2ccccc2)cc1. The monoisotopic (exact) mass is 298 g/mol. The molecule has 0 aliphatic rings. The molecule has 4 nitrogen and oxygen atoms in total. The summed E-state index contributed by atoms with van der Waals surface area (Å²) in [6.45, 7) is 4.00. The summed E-state index contributed by atoms with van der Waals surface area (Å²) in [7, 11) is 0. The molecular weight excluding hydrogens is 280 g/mol. The molecule has 0 N–H and O–H groups in total. The summed E-state index contributed by atoms with van der Waals surface area (Å²) < 4.78 is 16.1. The molecule has 0 radical (unpaired) electrons. The quantitative estimate of drug-likeness (QED) is 0.420. The molecule has 2 aromatic carbocycles. The first-order chi connectivity index (χ1) is 10.8. The van der Waals surface area contributed by atoms with Crippen molar-refractivity contribution in [1.82, 2.24) is 0 Å². The third-order valence-corrected chi connectivity index (χ3v) is 2.73. The molecule has 0 aliphatic carbocycles. The van der Waals surface area contributed by atoms with E-state index in [4.69, 9.17) is 14.2 Å². The molecule has 0 atom stereocenters. The van der Waals surface area contributed by atoms with Crippen LogP contribution in [0.15, 0.2) is 67.3 Å². The first kappa shape index (κ1) is 15.6. The number of rotatable bonds is 8. The largest absolute Gasteiger partial charge is 0.490 e. The Morgan fingerprint density at radius 3 is 2.23 bits per heavy atom. The van der Waals surface area contributed by atoms with Crippen molar-refractivity contribution in [2.24, 2.45) is 0 Å². The number of para-hydroxylation sites is 1. The Morgan fingerprint density at radius 2 is 1.55 bits per heavy atom. The van der Waals surface area contributed by atoms with E-state index in [1.54, 1.807) is 0 Å². The van der Waals surface area contributed by atoms with Crippen molar-refractivity contribution in [2.45, 2.75) is 6.42 Å². The zero-order valence-corrected chi connectivity index (χ0v) is 12.2. The van der Waals surface area contributed by atoms with Crippen LogP contribution in [0, 0.1) is 0 Å². The predicted molar refractivity (Wildman–Crippen MR) is 84.2 cm³/mol. The molecule has 0 aromatic heterocycles. The van der Waals surface area contributed by atoms with Crippen LogP contribution in [-0.4, -0.2) is 19.2 Å². The average molecular weight is 298 g/mol. The lowest BCUT2D eigenvalue weighted by Crippen LogP contribution is -2.11. The Hall–Kier alpha value is -2.75. The van der Waals surface area contributed by atoms with E-state index >= 15 is 0 Å². The Morgan fingerprint density at radius 1 is 0.909 bits per heavy atom. The summed E-state index contributed by atoms with van der Waals surface area (Å²) >= 11 is 0. The van der Waals surface area contributed by atoms with Gasteiger partial charge in [-0.25, -0.2) is 0 Å². The van der Waals surface area contributed by atoms with Gasteiger partial charge in [0.15, 0.2) is 0 Å². The molecule has 0 heterocycles. The minimum Gasteiger partial charge on any atom is -0.490 e. The third-order valence-electron chi connectivity index (χ3n) is 2.73. The molecule has 0 unspecified atom stereocenters. The fourth-order valence-electron chi connectivity index (χ4n) is 1.72. The Bertz CT molecular complexity index is 590. The van der Waals surface area contributed by atoms with Crippen molar-refractivity contribution in [3.05, 3.63) is 67.3 Å². The summed E-state index contributed by atoms with van der Waals surface area (Å²) in [5.41, 5.74) is 0. The molecule has 0 fully saturated rings. The van der Waals surface area contributed by atoms with E-state index in [1.165, 1.54) is 6.08 Å². The van der Waals surface area contributed by atoms with Crippen molar-refractivity contribution < 1.29 is 19.0 Å². The van der Waals surface area contributed by atoms with Gasteiger partial charge in [0.25, 0.3) is 0 Å². The lowest BCUT2D eigenvalue weighted by molar-refractivity contribution is -0.143. The first-order valence-electron chi connectivity index (χ1n) is 7.00. The van der Waals surface area contributed by atoms with Crippen LogP contribution in [0.1, 0.15) is 6.42 Å². The summed E-state index contributed by atoms with van der Waals surface area (Å²) in [6.07, 6.45) is 1.72. The van der Waals surface area contributed by atoms with Gasteiger partial charge < -0.3 is 14.2 Å².